The number of piperidine rings is 1. The average molecular weight is 739 g/mol. The molecule has 2 fully saturated rings. The van der Waals surface area contributed by atoms with Crippen molar-refractivity contribution in [2.24, 2.45) is 5.92 Å². The Hall–Kier alpha value is -5.83. The highest BCUT2D eigenvalue weighted by molar-refractivity contribution is 7.92. The standard InChI is InChI=1S/C38H38N6O8S/c1-38(2,25-6-11-29(12-7-25)52-22-26-16-17-39-37(40-26)42-53(3,49)50)24-4-9-28(10-5-24)51-21-23-19-43(20-23)27-8-13-30-31(18-27)36(48)44(35(30)47)32-14-15-33(45)41-34(32)46/h4-13,16-18,23,32H,14-15,19-22H2,1-3H3,(H,39,40,42)(H,41,45,46). The third-order valence-corrected chi connectivity index (χ3v) is 10.3. The van der Waals surface area contributed by atoms with Gasteiger partial charge in [0.2, 0.25) is 27.8 Å². The fourth-order valence-corrected chi connectivity index (χ4v) is 7.14. The molecule has 0 spiro atoms. The van der Waals surface area contributed by atoms with E-state index in [4.69, 9.17) is 9.47 Å². The lowest BCUT2D eigenvalue weighted by Crippen LogP contribution is -2.54. The van der Waals surface area contributed by atoms with Crippen LogP contribution in [0.2, 0.25) is 0 Å². The van der Waals surface area contributed by atoms with Gasteiger partial charge in [-0.1, -0.05) is 38.1 Å². The van der Waals surface area contributed by atoms with Crippen LogP contribution in [0.25, 0.3) is 0 Å². The van der Waals surface area contributed by atoms with Gasteiger partial charge < -0.3 is 14.4 Å². The Labute approximate surface area is 306 Å². The van der Waals surface area contributed by atoms with Crippen LogP contribution < -0.4 is 24.4 Å². The fraction of sp³-hybridized carbons (Fsp3) is 0.316. The Balaban J connectivity index is 0.893. The van der Waals surface area contributed by atoms with Crippen molar-refractivity contribution in [2.45, 2.75) is 44.8 Å². The van der Waals surface area contributed by atoms with E-state index in [-0.39, 0.29) is 47.9 Å². The first-order valence-electron chi connectivity index (χ1n) is 17.1. The third-order valence-electron chi connectivity index (χ3n) is 9.76. The Bertz CT molecular complexity index is 2200. The topological polar surface area (TPSA) is 177 Å². The molecule has 15 heteroatoms. The fourth-order valence-electron chi connectivity index (χ4n) is 6.71. The molecule has 4 heterocycles. The molecule has 1 aromatic heterocycles. The molecule has 1 unspecified atom stereocenters. The number of hydrogen-bond acceptors (Lipinski definition) is 11. The number of anilines is 2. The summed E-state index contributed by atoms with van der Waals surface area (Å²) in [6.45, 7) is 6.42. The van der Waals surface area contributed by atoms with E-state index in [1.54, 1.807) is 18.2 Å². The molecule has 3 aliphatic heterocycles. The van der Waals surface area contributed by atoms with Crippen molar-refractivity contribution >= 4 is 45.3 Å². The first-order chi connectivity index (χ1) is 25.2. The molecule has 0 bridgehead atoms. The van der Waals surface area contributed by atoms with Crippen LogP contribution in [0.3, 0.4) is 0 Å². The van der Waals surface area contributed by atoms with Gasteiger partial charge in [-0.25, -0.2) is 18.4 Å². The number of nitrogens with one attached hydrogen (secondary N) is 2. The second-order valence-electron chi connectivity index (χ2n) is 14.0. The number of carbonyl (C=O) groups is 4. The summed E-state index contributed by atoms with van der Waals surface area (Å²) in [5.41, 5.74) is 3.79. The Morgan fingerprint density at radius 2 is 1.51 bits per heavy atom. The van der Waals surface area contributed by atoms with Crippen LogP contribution in [-0.2, 0) is 31.6 Å². The van der Waals surface area contributed by atoms with Crippen molar-refractivity contribution in [1.82, 2.24) is 20.2 Å². The smallest absolute Gasteiger partial charge is 0.262 e. The zero-order valence-electron chi connectivity index (χ0n) is 29.4. The van der Waals surface area contributed by atoms with Gasteiger partial charge in [0.1, 0.15) is 24.1 Å². The van der Waals surface area contributed by atoms with Crippen molar-refractivity contribution in [3.05, 3.63) is 107 Å². The molecule has 2 saturated heterocycles. The Morgan fingerprint density at radius 3 is 2.15 bits per heavy atom. The van der Waals surface area contributed by atoms with E-state index in [0.717, 1.165) is 46.8 Å². The molecule has 53 heavy (non-hydrogen) atoms. The third kappa shape index (κ3) is 7.56. The second-order valence-corrected chi connectivity index (χ2v) is 15.7. The van der Waals surface area contributed by atoms with Crippen LogP contribution in [0.4, 0.5) is 11.6 Å². The number of carbonyl (C=O) groups excluding carboxylic acids is 4. The summed E-state index contributed by atoms with van der Waals surface area (Å²) in [6.07, 6.45) is 2.70. The lowest BCUT2D eigenvalue weighted by atomic mass is 9.78. The number of imide groups is 2. The number of sulfonamides is 1. The SMILES string of the molecule is CC(C)(c1ccc(OCc2ccnc(NS(C)(=O)=O)n2)cc1)c1ccc(OCC2CN(c3ccc4c(c3)C(=O)N(C3CCC(=O)NC3=O)C4=O)C2)cc1. The van der Waals surface area contributed by atoms with E-state index in [1.807, 2.05) is 42.5 Å². The zero-order valence-corrected chi connectivity index (χ0v) is 30.2. The Kier molecular flexibility index (Phi) is 9.36. The van der Waals surface area contributed by atoms with E-state index in [0.29, 0.717) is 18.1 Å². The molecule has 4 aromatic rings. The van der Waals surface area contributed by atoms with Crippen molar-refractivity contribution < 1.29 is 37.1 Å². The minimum Gasteiger partial charge on any atom is -0.493 e. The summed E-state index contributed by atoms with van der Waals surface area (Å²) >= 11 is 0. The molecule has 1 atom stereocenters. The van der Waals surface area contributed by atoms with Crippen molar-refractivity contribution in [2.75, 3.05) is 35.6 Å². The summed E-state index contributed by atoms with van der Waals surface area (Å²) in [7, 11) is -3.49. The van der Waals surface area contributed by atoms with Gasteiger partial charge in [0.25, 0.3) is 11.8 Å². The molecule has 274 valence electrons. The predicted molar refractivity (Wildman–Crippen MR) is 194 cm³/mol. The summed E-state index contributed by atoms with van der Waals surface area (Å²) in [6, 6.07) is 21.7. The van der Waals surface area contributed by atoms with Gasteiger partial charge in [0.05, 0.1) is 29.7 Å². The van der Waals surface area contributed by atoms with Gasteiger partial charge in [-0.3, -0.25) is 34.1 Å². The van der Waals surface area contributed by atoms with Crippen LogP contribution >= 0.6 is 0 Å². The average Bonchev–Trinajstić information content (AvgIpc) is 3.34. The summed E-state index contributed by atoms with van der Waals surface area (Å²) in [4.78, 5) is 61.3. The molecule has 7 rings (SSSR count). The van der Waals surface area contributed by atoms with Crippen molar-refractivity contribution in [3.63, 3.8) is 0 Å². The number of nitrogens with zero attached hydrogens (tertiary/aromatic N) is 4. The van der Waals surface area contributed by atoms with Crippen LogP contribution in [0.15, 0.2) is 79.0 Å². The highest BCUT2D eigenvalue weighted by atomic mass is 32.2. The van der Waals surface area contributed by atoms with Gasteiger partial charge >= 0.3 is 0 Å². The van der Waals surface area contributed by atoms with Crippen LogP contribution in [0.5, 0.6) is 11.5 Å². The van der Waals surface area contributed by atoms with Crippen molar-refractivity contribution in [1.29, 1.82) is 0 Å². The quantitative estimate of drug-likeness (QED) is 0.203. The largest absolute Gasteiger partial charge is 0.493 e. The molecule has 0 aliphatic carbocycles. The minimum atomic E-state index is -3.49. The van der Waals surface area contributed by atoms with Gasteiger partial charge in [-0.2, -0.15) is 0 Å². The van der Waals surface area contributed by atoms with Gasteiger partial charge in [-0.15, -0.1) is 0 Å². The molecule has 2 N–H and O–H groups in total. The normalized spacial score (nSPS) is 17.7. The summed E-state index contributed by atoms with van der Waals surface area (Å²) in [5.74, 6) is -0.384. The number of rotatable bonds is 12. The second kappa shape index (κ2) is 14.0. The Morgan fingerprint density at radius 1 is 0.868 bits per heavy atom. The zero-order chi connectivity index (χ0) is 37.5. The first-order valence-corrected chi connectivity index (χ1v) is 19.0. The lowest BCUT2D eigenvalue weighted by Gasteiger charge is -2.41. The van der Waals surface area contributed by atoms with Gasteiger partial charge in [-0.05, 0) is 66.1 Å². The van der Waals surface area contributed by atoms with E-state index >= 15 is 0 Å². The molecule has 3 aromatic carbocycles. The van der Waals surface area contributed by atoms with E-state index in [1.165, 1.54) is 6.20 Å². The number of benzene rings is 3. The number of ether oxygens (including phenoxy) is 2. The van der Waals surface area contributed by atoms with Gasteiger partial charge in [0, 0.05) is 42.7 Å². The highest BCUT2D eigenvalue weighted by Crippen LogP contribution is 2.35. The molecule has 4 amide bonds. The molecule has 0 radical (unpaired) electrons. The number of hydrogen-bond donors (Lipinski definition) is 2. The molecule has 3 aliphatic rings. The highest BCUT2D eigenvalue weighted by Gasteiger charge is 2.45. The predicted octanol–water partition coefficient (Wildman–Crippen LogP) is 3.67. The first kappa shape index (κ1) is 35.6. The maximum atomic E-state index is 13.2. The van der Waals surface area contributed by atoms with Gasteiger partial charge in [0.15, 0.2) is 0 Å². The number of fused-ring (bicyclic) bond motifs is 1. The van der Waals surface area contributed by atoms with E-state index in [2.05, 4.69) is 50.9 Å². The maximum Gasteiger partial charge on any atom is 0.262 e. The maximum absolute atomic E-state index is 13.2. The lowest BCUT2D eigenvalue weighted by molar-refractivity contribution is -0.136. The van der Waals surface area contributed by atoms with E-state index in [9.17, 15) is 27.6 Å². The monoisotopic (exact) mass is 738 g/mol. The van der Waals surface area contributed by atoms with Crippen LogP contribution in [0.1, 0.15) is 64.2 Å². The minimum absolute atomic E-state index is 0.00783. The number of aromatic nitrogens is 2. The summed E-state index contributed by atoms with van der Waals surface area (Å²) in [5, 5.41) is 2.22. The molecular weight excluding hydrogens is 701 g/mol. The molecular formula is C38H38N6O8S. The number of amides is 4. The van der Waals surface area contributed by atoms with E-state index < -0.39 is 39.7 Å². The van der Waals surface area contributed by atoms with Crippen LogP contribution in [-0.4, -0.2) is 78.9 Å². The van der Waals surface area contributed by atoms with Crippen molar-refractivity contribution in [3.8, 4) is 11.5 Å². The molecule has 0 saturated carbocycles. The van der Waals surface area contributed by atoms with Crippen LogP contribution in [0, 0.1) is 5.92 Å². The molecule has 14 nitrogen and oxygen atoms in total. The summed E-state index contributed by atoms with van der Waals surface area (Å²) < 4.78 is 37.2.